The molecule has 2 aromatic rings. The van der Waals surface area contributed by atoms with E-state index >= 15 is 0 Å². The SMILES string of the molecule is C=CC[C@@](C)(CO)Nc1nc(N)nc2cccnc12. The third-order valence-corrected chi connectivity index (χ3v) is 2.84. The van der Waals surface area contributed by atoms with Crippen molar-refractivity contribution < 1.29 is 5.11 Å². The first-order chi connectivity index (χ1) is 9.08. The van der Waals surface area contributed by atoms with Gasteiger partial charge in [-0.2, -0.15) is 4.98 Å². The molecular weight excluding hydrogens is 242 g/mol. The maximum absolute atomic E-state index is 9.51. The molecule has 0 spiro atoms. The van der Waals surface area contributed by atoms with Crippen LogP contribution in [0.2, 0.25) is 0 Å². The van der Waals surface area contributed by atoms with E-state index in [1.807, 2.05) is 13.0 Å². The number of nitrogens with zero attached hydrogens (tertiary/aromatic N) is 3. The van der Waals surface area contributed by atoms with Gasteiger partial charge in [-0.15, -0.1) is 6.58 Å². The largest absolute Gasteiger partial charge is 0.394 e. The van der Waals surface area contributed by atoms with E-state index in [0.29, 0.717) is 23.3 Å². The lowest BCUT2D eigenvalue weighted by Gasteiger charge is -2.28. The van der Waals surface area contributed by atoms with Crippen LogP contribution in [0.1, 0.15) is 13.3 Å². The summed E-state index contributed by atoms with van der Waals surface area (Å²) in [5.41, 5.74) is 6.41. The molecule has 0 fully saturated rings. The fourth-order valence-corrected chi connectivity index (χ4v) is 1.83. The fourth-order valence-electron chi connectivity index (χ4n) is 1.83. The number of nitrogens with two attached hydrogens (primary N) is 1. The number of aliphatic hydroxyl groups is 1. The second kappa shape index (κ2) is 5.19. The molecule has 2 aromatic heterocycles. The molecule has 1 atom stereocenters. The van der Waals surface area contributed by atoms with Crippen LogP contribution in [-0.4, -0.2) is 32.2 Å². The number of aromatic nitrogens is 3. The Morgan fingerprint density at radius 3 is 3.00 bits per heavy atom. The van der Waals surface area contributed by atoms with Crippen LogP contribution in [0.5, 0.6) is 0 Å². The Bertz CT molecular complexity index is 601. The standard InChI is InChI=1S/C13H17N5O/c1-3-6-13(2,8-19)18-11-10-9(5-4-7-15-10)16-12(14)17-11/h3-5,7,19H,1,6,8H2,2H3,(H3,14,16,17,18)/t13-/m0/s1. The van der Waals surface area contributed by atoms with Crippen molar-refractivity contribution >= 4 is 22.8 Å². The molecule has 0 bridgehead atoms. The van der Waals surface area contributed by atoms with Crippen molar-refractivity contribution in [2.75, 3.05) is 17.7 Å². The second-order valence-corrected chi connectivity index (χ2v) is 4.64. The minimum Gasteiger partial charge on any atom is -0.394 e. The Hall–Kier alpha value is -2.21. The minimum absolute atomic E-state index is 0.0583. The molecule has 100 valence electrons. The zero-order valence-corrected chi connectivity index (χ0v) is 10.8. The lowest BCUT2D eigenvalue weighted by atomic mass is 9.99. The fraction of sp³-hybridized carbons (Fsp3) is 0.308. The summed E-state index contributed by atoms with van der Waals surface area (Å²) >= 11 is 0. The van der Waals surface area contributed by atoms with E-state index in [-0.39, 0.29) is 12.6 Å². The molecule has 2 rings (SSSR count). The Balaban J connectivity index is 2.47. The van der Waals surface area contributed by atoms with Crippen LogP contribution in [0.15, 0.2) is 31.0 Å². The molecule has 0 radical (unpaired) electrons. The average molecular weight is 259 g/mol. The van der Waals surface area contributed by atoms with Crippen molar-refractivity contribution in [3.63, 3.8) is 0 Å². The van der Waals surface area contributed by atoms with E-state index in [1.165, 1.54) is 0 Å². The number of fused-ring (bicyclic) bond motifs is 1. The van der Waals surface area contributed by atoms with Gasteiger partial charge in [-0.1, -0.05) is 6.08 Å². The number of anilines is 2. The van der Waals surface area contributed by atoms with Crippen molar-refractivity contribution in [3.05, 3.63) is 31.0 Å². The van der Waals surface area contributed by atoms with Crippen LogP contribution in [0, 0.1) is 0 Å². The third-order valence-electron chi connectivity index (χ3n) is 2.84. The van der Waals surface area contributed by atoms with Gasteiger partial charge in [0.05, 0.1) is 17.7 Å². The van der Waals surface area contributed by atoms with Crippen molar-refractivity contribution in [1.29, 1.82) is 0 Å². The van der Waals surface area contributed by atoms with Gasteiger partial charge in [0.2, 0.25) is 5.95 Å². The number of nitrogens with one attached hydrogen (secondary N) is 1. The van der Waals surface area contributed by atoms with Crippen molar-refractivity contribution in [2.45, 2.75) is 18.9 Å². The first kappa shape index (κ1) is 13.2. The van der Waals surface area contributed by atoms with Crippen LogP contribution in [-0.2, 0) is 0 Å². The zero-order valence-electron chi connectivity index (χ0n) is 10.8. The van der Waals surface area contributed by atoms with E-state index in [2.05, 4.69) is 26.8 Å². The molecule has 0 aliphatic heterocycles. The summed E-state index contributed by atoms with van der Waals surface area (Å²) < 4.78 is 0. The number of hydrogen-bond donors (Lipinski definition) is 3. The highest BCUT2D eigenvalue weighted by molar-refractivity contribution is 5.86. The Morgan fingerprint density at radius 2 is 2.32 bits per heavy atom. The molecule has 19 heavy (non-hydrogen) atoms. The van der Waals surface area contributed by atoms with E-state index in [9.17, 15) is 5.11 Å². The van der Waals surface area contributed by atoms with Gasteiger partial charge in [0.15, 0.2) is 5.82 Å². The topological polar surface area (TPSA) is 97.0 Å². The summed E-state index contributed by atoms with van der Waals surface area (Å²) in [4.78, 5) is 12.5. The Morgan fingerprint density at radius 1 is 1.53 bits per heavy atom. The molecule has 4 N–H and O–H groups in total. The second-order valence-electron chi connectivity index (χ2n) is 4.64. The van der Waals surface area contributed by atoms with Gasteiger partial charge < -0.3 is 16.2 Å². The molecule has 0 saturated carbocycles. The summed E-state index contributed by atoms with van der Waals surface area (Å²) in [6.45, 7) is 5.51. The molecule has 0 amide bonds. The number of rotatable bonds is 5. The Kier molecular flexibility index (Phi) is 3.62. The smallest absolute Gasteiger partial charge is 0.222 e. The molecule has 0 aromatic carbocycles. The highest BCUT2D eigenvalue weighted by Gasteiger charge is 2.23. The maximum atomic E-state index is 9.51. The number of hydrogen-bond acceptors (Lipinski definition) is 6. The lowest BCUT2D eigenvalue weighted by molar-refractivity contribution is 0.223. The quantitative estimate of drug-likeness (QED) is 0.701. The van der Waals surface area contributed by atoms with Gasteiger partial charge in [-0.3, -0.25) is 4.98 Å². The highest BCUT2D eigenvalue weighted by Crippen LogP contribution is 2.23. The molecule has 2 heterocycles. The van der Waals surface area contributed by atoms with Crippen LogP contribution < -0.4 is 11.1 Å². The van der Waals surface area contributed by atoms with Crippen molar-refractivity contribution in [1.82, 2.24) is 15.0 Å². The van der Waals surface area contributed by atoms with Gasteiger partial charge in [-0.05, 0) is 25.5 Å². The van der Waals surface area contributed by atoms with Crippen molar-refractivity contribution in [2.24, 2.45) is 0 Å². The van der Waals surface area contributed by atoms with Crippen LogP contribution in [0.3, 0.4) is 0 Å². The van der Waals surface area contributed by atoms with Crippen LogP contribution in [0.4, 0.5) is 11.8 Å². The van der Waals surface area contributed by atoms with E-state index in [0.717, 1.165) is 0 Å². The zero-order chi connectivity index (χ0) is 13.9. The molecule has 0 saturated heterocycles. The summed E-state index contributed by atoms with van der Waals surface area (Å²) in [6, 6.07) is 3.60. The van der Waals surface area contributed by atoms with E-state index in [4.69, 9.17) is 5.73 Å². The third kappa shape index (κ3) is 2.79. The van der Waals surface area contributed by atoms with Crippen LogP contribution >= 0.6 is 0 Å². The van der Waals surface area contributed by atoms with E-state index in [1.54, 1.807) is 18.3 Å². The van der Waals surface area contributed by atoms with Gasteiger partial charge in [0.25, 0.3) is 0 Å². The molecule has 6 nitrogen and oxygen atoms in total. The monoisotopic (exact) mass is 259 g/mol. The number of aliphatic hydroxyl groups excluding tert-OH is 1. The first-order valence-electron chi connectivity index (χ1n) is 5.96. The van der Waals surface area contributed by atoms with Gasteiger partial charge in [-0.25, -0.2) is 4.98 Å². The predicted octanol–water partition coefficient (Wildman–Crippen LogP) is 1.35. The summed E-state index contributed by atoms with van der Waals surface area (Å²) in [6.07, 6.45) is 3.99. The normalized spacial score (nSPS) is 14.0. The predicted molar refractivity (Wildman–Crippen MR) is 75.7 cm³/mol. The lowest BCUT2D eigenvalue weighted by Crippen LogP contribution is -2.38. The van der Waals surface area contributed by atoms with Gasteiger partial charge in [0.1, 0.15) is 5.52 Å². The summed E-state index contributed by atoms with van der Waals surface area (Å²) in [5, 5.41) is 12.7. The molecule has 0 aliphatic rings. The van der Waals surface area contributed by atoms with E-state index < -0.39 is 5.54 Å². The summed E-state index contributed by atoms with van der Waals surface area (Å²) in [7, 11) is 0. The van der Waals surface area contributed by atoms with Crippen molar-refractivity contribution in [3.8, 4) is 0 Å². The van der Waals surface area contributed by atoms with Crippen LogP contribution in [0.25, 0.3) is 11.0 Å². The highest BCUT2D eigenvalue weighted by atomic mass is 16.3. The molecule has 6 heteroatoms. The van der Waals surface area contributed by atoms with Gasteiger partial charge >= 0.3 is 0 Å². The molecular formula is C13H17N5O. The average Bonchev–Trinajstić information content (AvgIpc) is 2.39. The molecule has 0 aliphatic carbocycles. The summed E-state index contributed by atoms with van der Waals surface area (Å²) in [5.74, 6) is 0.684. The number of nitrogen functional groups attached to an aromatic ring is 1. The number of pyridine rings is 1. The maximum Gasteiger partial charge on any atom is 0.222 e. The Labute approximate surface area is 111 Å². The molecule has 0 unspecified atom stereocenters. The minimum atomic E-state index is -0.563. The van der Waals surface area contributed by atoms with Gasteiger partial charge in [0, 0.05) is 6.20 Å². The first-order valence-corrected chi connectivity index (χ1v) is 5.96.